The molecule has 1 aliphatic rings. The molecular formula is C15H21N3O2. The van der Waals surface area contributed by atoms with E-state index in [1.165, 1.54) is 0 Å². The molecule has 0 bridgehead atoms. The van der Waals surface area contributed by atoms with Gasteiger partial charge in [0, 0.05) is 19.3 Å². The van der Waals surface area contributed by atoms with Gasteiger partial charge in [0.2, 0.25) is 11.8 Å². The molecule has 1 aromatic rings. The van der Waals surface area contributed by atoms with Gasteiger partial charge in [0.1, 0.15) is 0 Å². The summed E-state index contributed by atoms with van der Waals surface area (Å²) in [6, 6.07) is 7.42. The first-order valence-electron chi connectivity index (χ1n) is 6.86. The lowest BCUT2D eigenvalue weighted by atomic mass is 9.88. The maximum Gasteiger partial charge on any atom is 0.231 e. The van der Waals surface area contributed by atoms with Crippen molar-refractivity contribution >= 4 is 17.5 Å². The Bertz CT molecular complexity index is 508. The van der Waals surface area contributed by atoms with Gasteiger partial charge in [-0.15, -0.1) is 0 Å². The first kappa shape index (κ1) is 14.5. The van der Waals surface area contributed by atoms with E-state index in [1.807, 2.05) is 31.2 Å². The molecule has 0 saturated carbocycles. The summed E-state index contributed by atoms with van der Waals surface area (Å²) in [4.78, 5) is 23.9. The minimum absolute atomic E-state index is 0.00635. The summed E-state index contributed by atoms with van der Waals surface area (Å²) in [7, 11) is 1.61. The van der Waals surface area contributed by atoms with Crippen molar-refractivity contribution in [3.8, 4) is 0 Å². The third-order valence-corrected chi connectivity index (χ3v) is 3.81. The summed E-state index contributed by atoms with van der Waals surface area (Å²) in [5.74, 6) is -0.0627. The SMILES string of the molecule is CNC(=O)Cc1ccccc1NC(=O)C1(C)CCNC1. The van der Waals surface area contributed by atoms with Crippen LogP contribution < -0.4 is 16.0 Å². The van der Waals surface area contributed by atoms with Crippen molar-refractivity contribution < 1.29 is 9.59 Å². The second kappa shape index (κ2) is 6.05. The third kappa shape index (κ3) is 3.17. The van der Waals surface area contributed by atoms with Gasteiger partial charge < -0.3 is 16.0 Å². The van der Waals surface area contributed by atoms with Crippen LogP contribution in [-0.2, 0) is 16.0 Å². The molecule has 1 heterocycles. The Labute approximate surface area is 119 Å². The van der Waals surface area contributed by atoms with Crippen molar-refractivity contribution in [2.24, 2.45) is 5.41 Å². The predicted molar refractivity (Wildman–Crippen MR) is 78.4 cm³/mol. The van der Waals surface area contributed by atoms with Crippen molar-refractivity contribution in [3.05, 3.63) is 29.8 Å². The number of rotatable bonds is 4. The second-order valence-electron chi connectivity index (χ2n) is 5.45. The summed E-state index contributed by atoms with van der Waals surface area (Å²) in [5.41, 5.74) is 1.17. The minimum atomic E-state index is -0.375. The van der Waals surface area contributed by atoms with Gasteiger partial charge >= 0.3 is 0 Å². The van der Waals surface area contributed by atoms with E-state index in [1.54, 1.807) is 7.05 Å². The number of carbonyl (C=O) groups excluding carboxylic acids is 2. The molecular weight excluding hydrogens is 254 g/mol. The van der Waals surface area contributed by atoms with Crippen LogP contribution in [0.1, 0.15) is 18.9 Å². The molecule has 1 saturated heterocycles. The number of benzene rings is 1. The van der Waals surface area contributed by atoms with Gasteiger partial charge in [-0.05, 0) is 31.5 Å². The molecule has 1 unspecified atom stereocenters. The summed E-state index contributed by atoms with van der Waals surface area (Å²) >= 11 is 0. The van der Waals surface area contributed by atoms with Crippen LogP contribution in [0.3, 0.4) is 0 Å². The van der Waals surface area contributed by atoms with Crippen LogP contribution in [0.25, 0.3) is 0 Å². The van der Waals surface area contributed by atoms with Gasteiger partial charge in [0.15, 0.2) is 0 Å². The third-order valence-electron chi connectivity index (χ3n) is 3.81. The number of hydrogen-bond donors (Lipinski definition) is 3. The Morgan fingerprint density at radius 1 is 1.35 bits per heavy atom. The molecule has 5 heteroatoms. The summed E-state index contributed by atoms with van der Waals surface area (Å²) in [6.07, 6.45) is 1.10. The normalized spacial score (nSPS) is 21.5. The molecule has 3 N–H and O–H groups in total. The number of likely N-dealkylation sites (N-methyl/N-ethyl adjacent to an activating group) is 1. The molecule has 0 aliphatic carbocycles. The topological polar surface area (TPSA) is 70.2 Å². The lowest BCUT2D eigenvalue weighted by Gasteiger charge is -2.22. The molecule has 1 aliphatic heterocycles. The van der Waals surface area contributed by atoms with Crippen LogP contribution in [-0.4, -0.2) is 32.0 Å². The molecule has 0 aromatic heterocycles. The highest BCUT2D eigenvalue weighted by Gasteiger charge is 2.36. The zero-order valence-electron chi connectivity index (χ0n) is 12.0. The van der Waals surface area contributed by atoms with Crippen molar-refractivity contribution in [3.63, 3.8) is 0 Å². The number of nitrogens with one attached hydrogen (secondary N) is 3. The summed E-state index contributed by atoms with van der Waals surface area (Å²) in [5, 5.41) is 8.77. The molecule has 5 nitrogen and oxygen atoms in total. The fraction of sp³-hybridized carbons (Fsp3) is 0.467. The number of hydrogen-bond acceptors (Lipinski definition) is 3. The van der Waals surface area contributed by atoms with Gasteiger partial charge in [-0.25, -0.2) is 0 Å². The first-order chi connectivity index (χ1) is 9.55. The van der Waals surface area contributed by atoms with Crippen LogP contribution in [0.4, 0.5) is 5.69 Å². The van der Waals surface area contributed by atoms with Gasteiger partial charge in [-0.1, -0.05) is 18.2 Å². The second-order valence-corrected chi connectivity index (χ2v) is 5.45. The fourth-order valence-corrected chi connectivity index (χ4v) is 2.34. The number of anilines is 1. The van der Waals surface area contributed by atoms with Gasteiger partial charge in [-0.3, -0.25) is 9.59 Å². The van der Waals surface area contributed by atoms with Crippen LogP contribution in [0.2, 0.25) is 0 Å². The maximum absolute atomic E-state index is 12.4. The quantitative estimate of drug-likeness (QED) is 0.765. The van der Waals surface area contributed by atoms with Gasteiger partial charge in [-0.2, -0.15) is 0 Å². The van der Waals surface area contributed by atoms with Crippen LogP contribution >= 0.6 is 0 Å². The molecule has 1 atom stereocenters. The van der Waals surface area contributed by atoms with E-state index < -0.39 is 0 Å². The Morgan fingerprint density at radius 2 is 2.10 bits per heavy atom. The first-order valence-corrected chi connectivity index (χ1v) is 6.86. The van der Waals surface area contributed by atoms with Crippen LogP contribution in [0.5, 0.6) is 0 Å². The molecule has 0 spiro atoms. The Balaban J connectivity index is 2.12. The minimum Gasteiger partial charge on any atom is -0.359 e. The molecule has 1 fully saturated rings. The number of carbonyl (C=O) groups is 2. The van der Waals surface area contributed by atoms with Crippen molar-refractivity contribution in [2.75, 3.05) is 25.5 Å². The fourth-order valence-electron chi connectivity index (χ4n) is 2.34. The van der Waals surface area contributed by atoms with E-state index in [0.717, 1.165) is 18.5 Å². The van der Waals surface area contributed by atoms with E-state index in [2.05, 4.69) is 16.0 Å². The molecule has 2 amide bonds. The molecule has 2 rings (SSSR count). The van der Waals surface area contributed by atoms with E-state index in [9.17, 15) is 9.59 Å². The monoisotopic (exact) mass is 275 g/mol. The smallest absolute Gasteiger partial charge is 0.231 e. The molecule has 108 valence electrons. The van der Waals surface area contributed by atoms with E-state index in [0.29, 0.717) is 12.2 Å². The highest BCUT2D eigenvalue weighted by atomic mass is 16.2. The average Bonchev–Trinajstić information content (AvgIpc) is 2.89. The highest BCUT2D eigenvalue weighted by Crippen LogP contribution is 2.27. The maximum atomic E-state index is 12.4. The van der Waals surface area contributed by atoms with Gasteiger partial charge in [0.05, 0.1) is 11.8 Å². The summed E-state index contributed by atoms with van der Waals surface area (Å²) in [6.45, 7) is 3.52. The van der Waals surface area contributed by atoms with Crippen molar-refractivity contribution in [2.45, 2.75) is 19.8 Å². The average molecular weight is 275 g/mol. The highest BCUT2D eigenvalue weighted by molar-refractivity contribution is 5.96. The molecule has 0 radical (unpaired) electrons. The van der Waals surface area contributed by atoms with Crippen molar-refractivity contribution in [1.29, 1.82) is 0 Å². The van der Waals surface area contributed by atoms with Crippen LogP contribution in [0, 0.1) is 5.41 Å². The van der Waals surface area contributed by atoms with Gasteiger partial charge in [0.25, 0.3) is 0 Å². The van der Waals surface area contributed by atoms with Crippen LogP contribution in [0.15, 0.2) is 24.3 Å². The Morgan fingerprint density at radius 3 is 2.75 bits per heavy atom. The predicted octanol–water partition coefficient (Wildman–Crippen LogP) is 0.913. The molecule has 1 aromatic carbocycles. The molecule has 20 heavy (non-hydrogen) atoms. The lowest BCUT2D eigenvalue weighted by Crippen LogP contribution is -2.35. The van der Waals surface area contributed by atoms with E-state index >= 15 is 0 Å². The number of amides is 2. The standard InChI is InChI=1S/C15H21N3O2/c1-15(7-8-17-10-15)14(20)18-12-6-4-3-5-11(12)9-13(19)16-2/h3-6,17H,7-10H2,1-2H3,(H,16,19)(H,18,20). The lowest BCUT2D eigenvalue weighted by molar-refractivity contribution is -0.124. The number of para-hydroxylation sites is 1. The Kier molecular flexibility index (Phi) is 4.39. The van der Waals surface area contributed by atoms with E-state index in [-0.39, 0.29) is 23.7 Å². The Hall–Kier alpha value is -1.88. The summed E-state index contributed by atoms with van der Waals surface area (Å²) < 4.78 is 0. The zero-order chi connectivity index (χ0) is 14.6. The zero-order valence-corrected chi connectivity index (χ0v) is 12.0. The largest absolute Gasteiger partial charge is 0.359 e. The van der Waals surface area contributed by atoms with Crippen molar-refractivity contribution in [1.82, 2.24) is 10.6 Å². The van der Waals surface area contributed by atoms with E-state index in [4.69, 9.17) is 0 Å².